The van der Waals surface area contributed by atoms with Gasteiger partial charge in [-0.2, -0.15) is 0 Å². The van der Waals surface area contributed by atoms with Crippen LogP contribution in [-0.2, 0) is 9.53 Å². The highest BCUT2D eigenvalue weighted by Crippen LogP contribution is 2.29. The van der Waals surface area contributed by atoms with E-state index in [1.165, 1.54) is 18.3 Å². The van der Waals surface area contributed by atoms with Gasteiger partial charge in [-0.3, -0.25) is 4.79 Å². The van der Waals surface area contributed by atoms with Gasteiger partial charge in [0, 0.05) is 23.8 Å². The van der Waals surface area contributed by atoms with Gasteiger partial charge in [0.1, 0.15) is 12.4 Å². The minimum atomic E-state index is -0.0990. The minimum absolute atomic E-state index is 0.0990. The Kier molecular flexibility index (Phi) is 11.5. The number of hydrogen-bond acceptors (Lipinski definition) is 9. The maximum Gasteiger partial charge on any atom is 0.180 e. The zero-order chi connectivity index (χ0) is 26.5. The van der Waals surface area contributed by atoms with Gasteiger partial charge in [-0.1, -0.05) is 18.2 Å². The Labute approximate surface area is 216 Å². The molecule has 2 aromatic carbocycles. The number of allylic oxidation sites excluding steroid dienone is 1. The topological polar surface area (TPSA) is 119 Å². The molecule has 0 aliphatic heterocycles. The fraction of sp³-hybridized carbons (Fsp3) is 0.259. The number of ether oxygens (including phenoxy) is 4. The number of methoxy groups -OCH3 is 3. The Morgan fingerprint density at radius 1 is 1.03 bits per heavy atom. The van der Waals surface area contributed by atoms with Gasteiger partial charge >= 0.3 is 0 Å². The van der Waals surface area contributed by atoms with Crippen molar-refractivity contribution in [1.29, 1.82) is 0 Å². The molecule has 36 heavy (non-hydrogen) atoms. The molecule has 0 radical (unpaired) electrons. The SMILES string of the molecule is COC/C=C/c1ccc(OC/C(C(C)=O)=C(\C)N)c(OC)c1.COc1ccc(-c2csc(N)n2)cc1. The summed E-state index contributed by atoms with van der Waals surface area (Å²) in [6.07, 6.45) is 3.84. The molecule has 0 saturated heterocycles. The summed E-state index contributed by atoms with van der Waals surface area (Å²) in [4.78, 5) is 15.7. The van der Waals surface area contributed by atoms with Gasteiger partial charge in [-0.05, 0) is 55.8 Å². The van der Waals surface area contributed by atoms with Crippen LogP contribution >= 0.6 is 11.3 Å². The van der Waals surface area contributed by atoms with Gasteiger partial charge in [-0.25, -0.2) is 4.98 Å². The number of rotatable bonds is 10. The van der Waals surface area contributed by atoms with Gasteiger partial charge < -0.3 is 30.4 Å². The van der Waals surface area contributed by atoms with Crippen LogP contribution in [0, 0.1) is 0 Å². The predicted molar refractivity (Wildman–Crippen MR) is 145 cm³/mol. The molecule has 3 rings (SSSR count). The molecule has 192 valence electrons. The van der Waals surface area contributed by atoms with E-state index in [2.05, 4.69) is 4.98 Å². The van der Waals surface area contributed by atoms with E-state index >= 15 is 0 Å². The van der Waals surface area contributed by atoms with E-state index in [0.29, 0.717) is 34.5 Å². The Morgan fingerprint density at radius 2 is 1.75 bits per heavy atom. The number of thiazole rings is 1. The fourth-order valence-corrected chi connectivity index (χ4v) is 3.58. The van der Waals surface area contributed by atoms with Crippen LogP contribution in [0.5, 0.6) is 17.2 Å². The van der Waals surface area contributed by atoms with Gasteiger partial charge in [0.15, 0.2) is 22.4 Å². The number of ketones is 1. The van der Waals surface area contributed by atoms with Crippen molar-refractivity contribution < 1.29 is 23.7 Å². The van der Waals surface area contributed by atoms with Crippen molar-refractivity contribution in [3.05, 3.63) is 70.8 Å². The van der Waals surface area contributed by atoms with E-state index in [1.54, 1.807) is 34.3 Å². The van der Waals surface area contributed by atoms with Crippen molar-refractivity contribution in [2.45, 2.75) is 13.8 Å². The Morgan fingerprint density at radius 3 is 2.28 bits per heavy atom. The van der Waals surface area contributed by atoms with Gasteiger partial charge in [0.2, 0.25) is 0 Å². The van der Waals surface area contributed by atoms with Crippen LogP contribution in [0.2, 0.25) is 0 Å². The maximum absolute atomic E-state index is 11.5. The summed E-state index contributed by atoms with van der Waals surface area (Å²) in [5.41, 5.74) is 15.1. The molecule has 0 aliphatic rings. The van der Waals surface area contributed by atoms with Crippen molar-refractivity contribution >= 4 is 28.3 Å². The van der Waals surface area contributed by atoms with Gasteiger partial charge in [0.25, 0.3) is 0 Å². The second kappa shape index (κ2) is 14.6. The van der Waals surface area contributed by atoms with Crippen molar-refractivity contribution in [3.63, 3.8) is 0 Å². The summed E-state index contributed by atoms with van der Waals surface area (Å²) >= 11 is 1.44. The minimum Gasteiger partial charge on any atom is -0.497 e. The summed E-state index contributed by atoms with van der Waals surface area (Å²) in [6.45, 7) is 3.81. The molecule has 0 saturated carbocycles. The summed E-state index contributed by atoms with van der Waals surface area (Å²) in [5.74, 6) is 1.90. The number of nitrogen functional groups attached to an aromatic ring is 1. The second-order valence-corrected chi connectivity index (χ2v) is 8.46. The average molecular weight is 512 g/mol. The number of Topliss-reactive ketones (excluding diaryl/α,β-unsaturated/α-hetero) is 1. The molecular weight excluding hydrogens is 478 g/mol. The van der Waals surface area contributed by atoms with E-state index in [9.17, 15) is 4.79 Å². The lowest BCUT2D eigenvalue weighted by atomic mass is 10.1. The Balaban J connectivity index is 0.000000278. The molecule has 9 heteroatoms. The largest absolute Gasteiger partial charge is 0.497 e. The summed E-state index contributed by atoms with van der Waals surface area (Å²) in [6, 6.07) is 13.3. The first-order valence-electron chi connectivity index (χ1n) is 11.1. The van der Waals surface area contributed by atoms with Gasteiger partial charge in [-0.15, -0.1) is 11.3 Å². The van der Waals surface area contributed by atoms with E-state index in [1.807, 2.05) is 53.9 Å². The lowest BCUT2D eigenvalue weighted by Gasteiger charge is -2.13. The molecular formula is C27H33N3O5S. The van der Waals surface area contributed by atoms with E-state index in [4.69, 9.17) is 30.4 Å². The second-order valence-electron chi connectivity index (χ2n) is 7.57. The third-order valence-corrected chi connectivity index (χ3v) is 5.62. The number of benzene rings is 2. The van der Waals surface area contributed by atoms with Crippen LogP contribution in [0.1, 0.15) is 19.4 Å². The Hall–Kier alpha value is -3.82. The summed E-state index contributed by atoms with van der Waals surface area (Å²) in [7, 11) is 4.86. The third-order valence-electron chi connectivity index (χ3n) is 4.94. The lowest BCUT2D eigenvalue weighted by molar-refractivity contribution is -0.114. The van der Waals surface area contributed by atoms with Crippen LogP contribution in [0.3, 0.4) is 0 Å². The van der Waals surface area contributed by atoms with Crippen LogP contribution in [0.15, 0.2) is 65.2 Å². The van der Waals surface area contributed by atoms with E-state index < -0.39 is 0 Å². The lowest BCUT2D eigenvalue weighted by Crippen LogP contribution is -2.14. The highest BCUT2D eigenvalue weighted by molar-refractivity contribution is 7.13. The number of hydrogen-bond donors (Lipinski definition) is 2. The van der Waals surface area contributed by atoms with Crippen LogP contribution in [0.25, 0.3) is 17.3 Å². The van der Waals surface area contributed by atoms with E-state index in [-0.39, 0.29) is 12.4 Å². The zero-order valence-electron chi connectivity index (χ0n) is 21.2. The molecule has 0 aliphatic carbocycles. The standard InChI is InChI=1S/C17H23NO4.C10H10N2OS/c1-12(18)15(13(2)19)11-22-16-8-7-14(6-5-9-20-3)10-17(16)21-4;1-13-8-4-2-7(3-5-8)9-6-14-10(11)12-9/h5-8,10H,9,11,18H2,1-4H3;2-6H,1H3,(H2,11,12)/b6-5+,15-12-;. The molecule has 8 nitrogen and oxygen atoms in total. The molecule has 0 unspecified atom stereocenters. The molecule has 3 aromatic rings. The van der Waals surface area contributed by atoms with Crippen molar-refractivity contribution in [2.75, 3.05) is 40.3 Å². The van der Waals surface area contributed by atoms with Crippen LogP contribution < -0.4 is 25.7 Å². The maximum atomic E-state index is 11.5. The smallest absolute Gasteiger partial charge is 0.180 e. The first-order valence-corrected chi connectivity index (χ1v) is 11.9. The number of carbonyl (C=O) groups excluding carboxylic acids is 1. The first-order chi connectivity index (χ1) is 17.3. The first kappa shape index (κ1) is 28.4. The average Bonchev–Trinajstić information content (AvgIpc) is 3.31. The third kappa shape index (κ3) is 8.75. The number of anilines is 1. The van der Waals surface area contributed by atoms with Gasteiger partial charge in [0.05, 0.1) is 32.1 Å². The van der Waals surface area contributed by atoms with E-state index in [0.717, 1.165) is 22.6 Å². The highest BCUT2D eigenvalue weighted by Gasteiger charge is 2.11. The molecule has 1 heterocycles. The normalized spacial score (nSPS) is 11.4. The fourth-order valence-electron chi connectivity index (χ4n) is 3.01. The molecule has 0 fully saturated rings. The van der Waals surface area contributed by atoms with Crippen molar-refractivity contribution in [2.24, 2.45) is 5.73 Å². The number of nitrogens with zero attached hydrogens (tertiary/aromatic N) is 1. The van der Waals surface area contributed by atoms with Crippen molar-refractivity contribution in [1.82, 2.24) is 4.98 Å². The molecule has 0 spiro atoms. The summed E-state index contributed by atoms with van der Waals surface area (Å²) in [5, 5.41) is 2.53. The number of nitrogens with two attached hydrogens (primary N) is 2. The molecule has 1 aromatic heterocycles. The number of carbonyl (C=O) groups is 1. The van der Waals surface area contributed by atoms with Crippen LogP contribution in [0.4, 0.5) is 5.13 Å². The zero-order valence-corrected chi connectivity index (χ0v) is 22.1. The molecule has 4 N–H and O–H groups in total. The molecule has 0 bridgehead atoms. The number of aromatic nitrogens is 1. The quantitative estimate of drug-likeness (QED) is 0.367. The summed E-state index contributed by atoms with van der Waals surface area (Å²) < 4.78 is 21.0. The predicted octanol–water partition coefficient (Wildman–Crippen LogP) is 4.96. The molecule has 0 amide bonds. The Bertz CT molecular complexity index is 1180. The highest BCUT2D eigenvalue weighted by atomic mass is 32.1. The van der Waals surface area contributed by atoms with Crippen molar-refractivity contribution in [3.8, 4) is 28.5 Å². The van der Waals surface area contributed by atoms with Crippen LogP contribution in [-0.4, -0.2) is 45.3 Å². The molecule has 0 atom stereocenters. The monoisotopic (exact) mass is 511 g/mol.